The van der Waals surface area contributed by atoms with Crippen LogP contribution in [0.3, 0.4) is 0 Å². The third kappa shape index (κ3) is 11.7. The second-order valence-electron chi connectivity index (χ2n) is 3.57. The van der Waals surface area contributed by atoms with Gasteiger partial charge < -0.3 is 0 Å². The van der Waals surface area contributed by atoms with Crippen LogP contribution in [0.25, 0.3) is 0 Å². The van der Waals surface area contributed by atoms with Crippen molar-refractivity contribution in [1.29, 1.82) is 0 Å². The lowest BCUT2D eigenvalue weighted by molar-refractivity contribution is -0.111. The van der Waals surface area contributed by atoms with E-state index in [0.29, 0.717) is 6.42 Å². The van der Waals surface area contributed by atoms with E-state index in [0.717, 1.165) is 12.8 Å². The maximum absolute atomic E-state index is 10.4. The summed E-state index contributed by atoms with van der Waals surface area (Å²) in [6.45, 7) is 2.22. The summed E-state index contributed by atoms with van der Waals surface area (Å²) in [6.07, 6.45) is 13.2. The molecule has 0 rings (SSSR count). The van der Waals surface area contributed by atoms with Gasteiger partial charge in [0.15, 0.2) is 0 Å². The highest BCUT2D eigenvalue weighted by Gasteiger charge is 1.92. The van der Waals surface area contributed by atoms with Gasteiger partial charge in [-0.1, -0.05) is 38.3 Å². The van der Waals surface area contributed by atoms with Crippen LogP contribution >= 0.6 is 11.6 Å². The van der Waals surface area contributed by atoms with Gasteiger partial charge in [-0.15, -0.1) is 0 Å². The molecule has 0 saturated carbocycles. The maximum atomic E-state index is 10.4. The largest absolute Gasteiger partial charge is 0.281 e. The van der Waals surface area contributed by atoms with E-state index in [2.05, 4.69) is 19.1 Å². The molecule has 0 bridgehead atoms. The molecule has 0 radical (unpaired) electrons. The zero-order valence-corrected chi connectivity index (χ0v) is 9.85. The lowest BCUT2D eigenvalue weighted by atomic mass is 10.1. The Morgan fingerprint density at radius 3 is 2.29 bits per heavy atom. The van der Waals surface area contributed by atoms with Crippen molar-refractivity contribution in [3.63, 3.8) is 0 Å². The first kappa shape index (κ1) is 13.7. The van der Waals surface area contributed by atoms with Crippen molar-refractivity contribution < 1.29 is 4.79 Å². The summed E-state index contributed by atoms with van der Waals surface area (Å²) in [5.74, 6) is 0. The molecule has 2 heteroatoms. The molecule has 0 N–H and O–H groups in total. The van der Waals surface area contributed by atoms with Crippen LogP contribution in [0.1, 0.15) is 58.3 Å². The predicted molar refractivity (Wildman–Crippen MR) is 62.6 cm³/mol. The van der Waals surface area contributed by atoms with Gasteiger partial charge in [-0.05, 0) is 37.3 Å². The molecule has 0 aromatic carbocycles. The van der Waals surface area contributed by atoms with Crippen molar-refractivity contribution in [2.24, 2.45) is 0 Å². The first-order valence-corrected chi connectivity index (χ1v) is 5.98. The SMILES string of the molecule is CCCCCC/C=C\CCCC(=O)Cl. The van der Waals surface area contributed by atoms with Crippen LogP contribution in [0.4, 0.5) is 0 Å². The molecule has 0 aliphatic carbocycles. The molecule has 0 aromatic heterocycles. The Labute approximate surface area is 92.5 Å². The van der Waals surface area contributed by atoms with E-state index in [1.165, 1.54) is 32.1 Å². The Morgan fingerprint density at radius 2 is 1.71 bits per heavy atom. The number of halogens is 1. The summed E-state index contributed by atoms with van der Waals surface area (Å²) in [4.78, 5) is 10.4. The first-order chi connectivity index (χ1) is 6.77. The van der Waals surface area contributed by atoms with Crippen molar-refractivity contribution in [3.8, 4) is 0 Å². The van der Waals surface area contributed by atoms with E-state index in [-0.39, 0.29) is 5.24 Å². The molecular weight excluding hydrogens is 196 g/mol. The molecule has 0 aliphatic rings. The van der Waals surface area contributed by atoms with Gasteiger partial charge in [0.1, 0.15) is 0 Å². The Morgan fingerprint density at radius 1 is 1.07 bits per heavy atom. The summed E-state index contributed by atoms with van der Waals surface area (Å²) in [7, 11) is 0. The summed E-state index contributed by atoms with van der Waals surface area (Å²) in [5.41, 5.74) is 0. The smallest absolute Gasteiger partial charge is 0.221 e. The molecule has 0 amide bonds. The third-order valence-corrected chi connectivity index (χ3v) is 2.32. The Hall–Kier alpha value is -0.300. The second kappa shape index (κ2) is 10.8. The van der Waals surface area contributed by atoms with Crippen LogP contribution in [0, 0.1) is 0 Å². The minimum absolute atomic E-state index is 0.221. The molecular formula is C12H21ClO. The van der Waals surface area contributed by atoms with E-state index in [1.807, 2.05) is 0 Å². The number of hydrogen-bond donors (Lipinski definition) is 0. The Bertz CT molecular complexity index is 164. The average molecular weight is 217 g/mol. The van der Waals surface area contributed by atoms with Crippen molar-refractivity contribution >= 4 is 16.8 Å². The van der Waals surface area contributed by atoms with Gasteiger partial charge in [-0.2, -0.15) is 0 Å². The summed E-state index contributed by atoms with van der Waals surface area (Å²) in [5, 5.41) is -0.221. The van der Waals surface area contributed by atoms with E-state index >= 15 is 0 Å². The highest BCUT2D eigenvalue weighted by Crippen LogP contribution is 2.05. The van der Waals surface area contributed by atoms with Crippen molar-refractivity contribution in [3.05, 3.63) is 12.2 Å². The van der Waals surface area contributed by atoms with Gasteiger partial charge in [-0.25, -0.2) is 0 Å². The van der Waals surface area contributed by atoms with Gasteiger partial charge in [0, 0.05) is 6.42 Å². The summed E-state index contributed by atoms with van der Waals surface area (Å²) in [6, 6.07) is 0. The monoisotopic (exact) mass is 216 g/mol. The Kier molecular flexibility index (Phi) is 10.5. The maximum Gasteiger partial charge on any atom is 0.221 e. The fraction of sp³-hybridized carbons (Fsp3) is 0.750. The van der Waals surface area contributed by atoms with Crippen LogP contribution in [-0.2, 0) is 4.79 Å². The van der Waals surface area contributed by atoms with E-state index < -0.39 is 0 Å². The molecule has 14 heavy (non-hydrogen) atoms. The third-order valence-electron chi connectivity index (χ3n) is 2.14. The van der Waals surface area contributed by atoms with Gasteiger partial charge in [-0.3, -0.25) is 4.79 Å². The van der Waals surface area contributed by atoms with Crippen molar-refractivity contribution in [2.75, 3.05) is 0 Å². The topological polar surface area (TPSA) is 17.1 Å². The van der Waals surface area contributed by atoms with Gasteiger partial charge in [0.25, 0.3) is 0 Å². The number of unbranched alkanes of at least 4 members (excludes halogenated alkanes) is 5. The highest BCUT2D eigenvalue weighted by molar-refractivity contribution is 6.63. The molecule has 0 aromatic rings. The highest BCUT2D eigenvalue weighted by atomic mass is 35.5. The molecule has 0 spiro atoms. The molecule has 0 heterocycles. The fourth-order valence-electron chi connectivity index (χ4n) is 1.28. The lowest BCUT2D eigenvalue weighted by Gasteiger charge is -1.94. The van der Waals surface area contributed by atoms with Crippen molar-refractivity contribution in [1.82, 2.24) is 0 Å². The number of hydrogen-bond acceptors (Lipinski definition) is 1. The molecule has 1 nitrogen and oxygen atoms in total. The van der Waals surface area contributed by atoms with E-state index in [9.17, 15) is 4.79 Å². The minimum Gasteiger partial charge on any atom is -0.281 e. The molecule has 0 fully saturated rings. The normalized spacial score (nSPS) is 11.0. The zero-order chi connectivity index (χ0) is 10.6. The molecule has 0 aliphatic heterocycles. The van der Waals surface area contributed by atoms with Crippen LogP contribution in [0.2, 0.25) is 0 Å². The standard InChI is InChI=1S/C12H21ClO/c1-2-3-4-5-6-7-8-9-10-11-12(13)14/h7-8H,2-6,9-11H2,1H3/b8-7-. The summed E-state index contributed by atoms with van der Waals surface area (Å²) < 4.78 is 0. The van der Waals surface area contributed by atoms with E-state index in [4.69, 9.17) is 11.6 Å². The van der Waals surface area contributed by atoms with E-state index in [1.54, 1.807) is 0 Å². The van der Waals surface area contributed by atoms with Gasteiger partial charge >= 0.3 is 0 Å². The average Bonchev–Trinajstić information content (AvgIpc) is 2.15. The minimum atomic E-state index is -0.221. The second-order valence-corrected chi connectivity index (χ2v) is 3.99. The van der Waals surface area contributed by atoms with Crippen molar-refractivity contribution in [2.45, 2.75) is 58.3 Å². The van der Waals surface area contributed by atoms with Gasteiger partial charge in [0.05, 0.1) is 0 Å². The first-order valence-electron chi connectivity index (χ1n) is 5.60. The molecule has 82 valence electrons. The fourth-order valence-corrected chi connectivity index (χ4v) is 1.42. The Balaban J connectivity index is 3.07. The number of rotatable bonds is 9. The van der Waals surface area contributed by atoms with Gasteiger partial charge in [0.2, 0.25) is 5.24 Å². The number of carbonyl (C=O) groups excluding carboxylic acids is 1. The lowest BCUT2D eigenvalue weighted by Crippen LogP contribution is -1.83. The zero-order valence-electron chi connectivity index (χ0n) is 9.10. The molecule has 0 unspecified atom stereocenters. The quantitative estimate of drug-likeness (QED) is 0.316. The predicted octanol–water partition coefficient (Wildman–Crippen LogP) is 4.45. The molecule has 0 saturated heterocycles. The number of carbonyl (C=O) groups is 1. The van der Waals surface area contributed by atoms with Crippen LogP contribution in [-0.4, -0.2) is 5.24 Å². The molecule has 0 atom stereocenters. The van der Waals surface area contributed by atoms with Crippen LogP contribution in [0.15, 0.2) is 12.2 Å². The van der Waals surface area contributed by atoms with Crippen LogP contribution < -0.4 is 0 Å². The number of allylic oxidation sites excluding steroid dienone is 2. The van der Waals surface area contributed by atoms with Crippen LogP contribution in [0.5, 0.6) is 0 Å². The summed E-state index contributed by atoms with van der Waals surface area (Å²) >= 11 is 5.21.